The Kier molecular flexibility index (Phi) is 6.46. The third-order valence-electron chi connectivity index (χ3n) is 7.13. The third-order valence-corrected chi connectivity index (χ3v) is 7.13. The molecular weight excluding hydrogens is 491 g/mol. The molecule has 1 aliphatic carbocycles. The van der Waals surface area contributed by atoms with Gasteiger partial charge >= 0.3 is 12.2 Å². The second kappa shape index (κ2) is 9.60. The number of alkyl halides is 3. The smallest absolute Gasteiger partial charge is 0.417 e. The summed E-state index contributed by atoms with van der Waals surface area (Å²) in [6.45, 7) is 1.30. The number of carbonyl (C=O) groups excluding carboxylic acids is 1. The van der Waals surface area contributed by atoms with Crippen LogP contribution < -0.4 is 20.5 Å². The molecule has 37 heavy (non-hydrogen) atoms. The zero-order chi connectivity index (χ0) is 26.3. The Bertz CT molecular complexity index is 1360. The second-order valence-corrected chi connectivity index (χ2v) is 9.57. The number of ether oxygens (including phenoxy) is 1. The highest BCUT2D eigenvalue weighted by Gasteiger charge is 2.33. The first-order chi connectivity index (χ1) is 17.6. The number of carbonyl (C=O) groups is 1. The second-order valence-electron chi connectivity index (χ2n) is 9.57. The number of rotatable bonds is 5. The van der Waals surface area contributed by atoms with Crippen LogP contribution in [0.15, 0.2) is 35.6 Å². The predicted molar refractivity (Wildman–Crippen MR) is 130 cm³/mol. The molecule has 0 bridgehead atoms. The maximum absolute atomic E-state index is 13.1. The van der Waals surface area contributed by atoms with Gasteiger partial charge in [-0.3, -0.25) is 4.79 Å². The molecule has 0 atom stereocenters. The SMILES string of the molecule is CN(C(=O)Nc1cc(C(F)(F)F)cn(C)c1=O)C1CCN(c2cnn3cc(OC4CCC4)ncc23)CC1. The van der Waals surface area contributed by atoms with Crippen molar-refractivity contribution in [2.45, 2.75) is 50.4 Å². The van der Waals surface area contributed by atoms with Gasteiger partial charge in [-0.2, -0.15) is 18.3 Å². The number of amides is 2. The summed E-state index contributed by atoms with van der Waals surface area (Å²) in [5, 5.41) is 6.80. The lowest BCUT2D eigenvalue weighted by Gasteiger charge is -2.37. The van der Waals surface area contributed by atoms with E-state index >= 15 is 0 Å². The largest absolute Gasteiger partial charge is 0.473 e. The summed E-state index contributed by atoms with van der Waals surface area (Å²) < 4.78 is 47.8. The Hall–Kier alpha value is -3.77. The molecule has 3 aromatic rings. The topological polar surface area (TPSA) is 97.0 Å². The van der Waals surface area contributed by atoms with E-state index in [-0.39, 0.29) is 12.1 Å². The molecule has 10 nitrogen and oxygen atoms in total. The number of nitrogens with zero attached hydrogens (tertiary/aromatic N) is 6. The number of nitrogens with one attached hydrogen (secondary N) is 1. The van der Waals surface area contributed by atoms with Crippen molar-refractivity contribution in [3.8, 4) is 5.88 Å². The van der Waals surface area contributed by atoms with Crippen molar-refractivity contribution in [2.24, 2.45) is 7.05 Å². The van der Waals surface area contributed by atoms with Gasteiger partial charge in [-0.25, -0.2) is 14.3 Å². The van der Waals surface area contributed by atoms with E-state index in [4.69, 9.17) is 4.74 Å². The molecule has 2 amide bonds. The highest BCUT2D eigenvalue weighted by atomic mass is 19.4. The van der Waals surface area contributed by atoms with Gasteiger partial charge < -0.3 is 24.4 Å². The molecule has 0 unspecified atom stereocenters. The molecule has 0 spiro atoms. The summed E-state index contributed by atoms with van der Waals surface area (Å²) in [5.41, 5.74) is -0.351. The van der Waals surface area contributed by atoms with E-state index < -0.39 is 29.0 Å². The summed E-state index contributed by atoms with van der Waals surface area (Å²) in [7, 11) is 2.79. The van der Waals surface area contributed by atoms with E-state index in [1.807, 2.05) is 0 Å². The lowest BCUT2D eigenvalue weighted by Crippen LogP contribution is -2.47. The molecular formula is C24H28F3N7O3. The van der Waals surface area contributed by atoms with Crippen molar-refractivity contribution < 1.29 is 22.7 Å². The van der Waals surface area contributed by atoms with Crippen molar-refractivity contribution in [2.75, 3.05) is 30.4 Å². The van der Waals surface area contributed by atoms with Gasteiger partial charge in [0.25, 0.3) is 5.56 Å². The van der Waals surface area contributed by atoms with E-state index in [9.17, 15) is 22.8 Å². The van der Waals surface area contributed by atoms with Gasteiger partial charge in [-0.1, -0.05) is 0 Å². The van der Waals surface area contributed by atoms with Gasteiger partial charge in [0.2, 0.25) is 5.88 Å². The number of pyridine rings is 1. The minimum atomic E-state index is -4.64. The lowest BCUT2D eigenvalue weighted by atomic mass is 9.96. The van der Waals surface area contributed by atoms with Crippen LogP contribution >= 0.6 is 0 Å². The zero-order valence-corrected chi connectivity index (χ0v) is 20.5. The number of fused-ring (bicyclic) bond motifs is 1. The molecule has 3 aromatic heterocycles. The lowest BCUT2D eigenvalue weighted by molar-refractivity contribution is -0.138. The fourth-order valence-electron chi connectivity index (χ4n) is 4.64. The van der Waals surface area contributed by atoms with Crippen LogP contribution in [0.25, 0.3) is 5.52 Å². The Morgan fingerprint density at radius 1 is 1.16 bits per heavy atom. The molecule has 1 saturated carbocycles. The van der Waals surface area contributed by atoms with Crippen LogP contribution in [0.4, 0.5) is 29.3 Å². The summed E-state index contributed by atoms with van der Waals surface area (Å²) in [4.78, 5) is 33.1. The minimum Gasteiger partial charge on any atom is -0.473 e. The molecule has 1 N–H and O–H groups in total. The van der Waals surface area contributed by atoms with Crippen LogP contribution in [0.2, 0.25) is 0 Å². The van der Waals surface area contributed by atoms with Crippen LogP contribution in [-0.4, -0.2) is 62.4 Å². The molecule has 0 aromatic carbocycles. The summed E-state index contributed by atoms with van der Waals surface area (Å²) in [6, 6.07) is -0.110. The normalized spacial score (nSPS) is 17.1. The molecule has 2 fully saturated rings. The first-order valence-electron chi connectivity index (χ1n) is 12.2. The van der Waals surface area contributed by atoms with E-state index in [1.54, 1.807) is 30.2 Å². The average Bonchev–Trinajstić information content (AvgIpc) is 3.26. The number of halogens is 3. The monoisotopic (exact) mass is 519 g/mol. The number of urea groups is 1. The van der Waals surface area contributed by atoms with Crippen LogP contribution in [0.3, 0.4) is 0 Å². The minimum absolute atomic E-state index is 0.145. The molecule has 0 radical (unpaired) electrons. The predicted octanol–water partition coefficient (Wildman–Crippen LogP) is 3.51. The van der Waals surface area contributed by atoms with Crippen LogP contribution in [0.5, 0.6) is 5.88 Å². The molecule has 1 aliphatic heterocycles. The maximum atomic E-state index is 13.1. The van der Waals surface area contributed by atoms with Crippen LogP contribution in [0, 0.1) is 0 Å². The Labute approximate surface area is 210 Å². The number of anilines is 2. The van der Waals surface area contributed by atoms with Gasteiger partial charge in [-0.15, -0.1) is 0 Å². The Morgan fingerprint density at radius 3 is 2.54 bits per heavy atom. The van der Waals surface area contributed by atoms with Crippen molar-refractivity contribution >= 4 is 22.9 Å². The number of aryl methyl sites for hydroxylation is 1. The molecule has 198 valence electrons. The van der Waals surface area contributed by atoms with Gasteiger partial charge in [0.15, 0.2) is 0 Å². The van der Waals surface area contributed by atoms with Gasteiger partial charge in [0.1, 0.15) is 17.3 Å². The van der Waals surface area contributed by atoms with Crippen LogP contribution in [-0.2, 0) is 13.2 Å². The fraction of sp³-hybridized carbons (Fsp3) is 0.500. The van der Waals surface area contributed by atoms with Gasteiger partial charge in [-0.05, 0) is 38.2 Å². The first kappa shape index (κ1) is 24.9. The van der Waals surface area contributed by atoms with E-state index in [1.165, 1.54) is 18.4 Å². The first-order valence-corrected chi connectivity index (χ1v) is 12.2. The summed E-state index contributed by atoms with van der Waals surface area (Å²) in [5.74, 6) is 0.550. The number of hydrogen-bond acceptors (Lipinski definition) is 6. The van der Waals surface area contributed by atoms with Gasteiger partial charge in [0.05, 0.1) is 29.8 Å². The van der Waals surface area contributed by atoms with E-state index in [2.05, 4.69) is 20.3 Å². The van der Waals surface area contributed by atoms with Crippen molar-refractivity contribution in [3.63, 3.8) is 0 Å². The molecule has 1 saturated heterocycles. The highest BCUT2D eigenvalue weighted by molar-refractivity contribution is 5.89. The number of piperidine rings is 1. The quantitative estimate of drug-likeness (QED) is 0.554. The van der Waals surface area contributed by atoms with Crippen LogP contribution in [0.1, 0.15) is 37.7 Å². The molecule has 2 aliphatic rings. The average molecular weight is 520 g/mol. The maximum Gasteiger partial charge on any atom is 0.417 e. The van der Waals surface area contributed by atoms with Crippen molar-refractivity contribution in [1.29, 1.82) is 0 Å². The Morgan fingerprint density at radius 2 is 1.89 bits per heavy atom. The molecule has 13 heteroatoms. The molecule has 5 rings (SSSR count). The molecule has 4 heterocycles. The summed E-state index contributed by atoms with van der Waals surface area (Å²) >= 11 is 0. The zero-order valence-electron chi connectivity index (χ0n) is 20.5. The standard InChI is InChI=1S/C24H28F3N7O3/c1-31-13-15(24(25,26)27)10-18(22(31)35)30-23(36)32(2)16-6-8-33(9-7-16)19-12-29-34-14-21(28-11-20(19)34)37-17-4-3-5-17/h10-14,16-17H,3-9H2,1-2H3,(H,30,36). The van der Waals surface area contributed by atoms with E-state index in [0.717, 1.165) is 28.6 Å². The number of aromatic nitrogens is 4. The number of hydrogen-bond donors (Lipinski definition) is 1. The van der Waals surface area contributed by atoms with Crippen molar-refractivity contribution in [3.05, 3.63) is 46.8 Å². The summed E-state index contributed by atoms with van der Waals surface area (Å²) in [6.07, 6.45) is 6.14. The van der Waals surface area contributed by atoms with Gasteiger partial charge in [0, 0.05) is 39.4 Å². The fourth-order valence-corrected chi connectivity index (χ4v) is 4.64. The Balaban J connectivity index is 1.21. The van der Waals surface area contributed by atoms with Crippen molar-refractivity contribution in [1.82, 2.24) is 24.1 Å². The van der Waals surface area contributed by atoms with E-state index in [0.29, 0.717) is 44.1 Å². The highest BCUT2D eigenvalue weighted by Crippen LogP contribution is 2.30. The third kappa shape index (κ3) is 5.07.